The number of anilines is 2. The monoisotopic (exact) mass is 413 g/mol. The predicted molar refractivity (Wildman–Crippen MR) is 116 cm³/mol. The minimum absolute atomic E-state index is 0.0574. The van der Waals surface area contributed by atoms with Gasteiger partial charge in [0.25, 0.3) is 0 Å². The van der Waals surface area contributed by atoms with Crippen LogP contribution in [0.25, 0.3) is 0 Å². The Morgan fingerprint density at radius 1 is 1.11 bits per heavy atom. The highest BCUT2D eigenvalue weighted by Crippen LogP contribution is 2.29. The lowest BCUT2D eigenvalue weighted by atomic mass is 10.0. The van der Waals surface area contributed by atoms with Gasteiger partial charge < -0.3 is 10.1 Å². The first-order valence-electron chi connectivity index (χ1n) is 9.14. The van der Waals surface area contributed by atoms with Crippen molar-refractivity contribution in [3.05, 3.63) is 59.7 Å². The number of hydrogen-bond donors (Lipinski definition) is 1. The zero-order valence-corrected chi connectivity index (χ0v) is 17.8. The van der Waals surface area contributed by atoms with Crippen LogP contribution < -0.4 is 10.1 Å². The van der Waals surface area contributed by atoms with Crippen LogP contribution in [-0.4, -0.2) is 28.3 Å². The van der Waals surface area contributed by atoms with Crippen LogP contribution in [0, 0.1) is 0 Å². The number of aromatic nitrogens is 2. The number of thioether (sulfide) groups is 1. The molecule has 1 N–H and O–H groups in total. The van der Waals surface area contributed by atoms with E-state index in [9.17, 15) is 4.79 Å². The number of ether oxygens (including phenoxy) is 1. The van der Waals surface area contributed by atoms with Gasteiger partial charge in [0.2, 0.25) is 5.13 Å². The second kappa shape index (κ2) is 9.71. The van der Waals surface area contributed by atoms with E-state index in [1.54, 1.807) is 12.1 Å². The Hall–Kier alpha value is -2.38. The highest BCUT2D eigenvalue weighted by atomic mass is 32.2. The van der Waals surface area contributed by atoms with Crippen LogP contribution >= 0.6 is 23.1 Å². The largest absolute Gasteiger partial charge is 0.494 e. The molecule has 1 aromatic heterocycles. The molecular weight excluding hydrogens is 390 g/mol. The molecule has 3 aromatic rings. The summed E-state index contributed by atoms with van der Waals surface area (Å²) in [6, 6.07) is 15.5. The Bertz CT molecular complexity index is 906. The minimum atomic E-state index is 0.0574. The van der Waals surface area contributed by atoms with E-state index in [1.807, 2.05) is 31.2 Å². The number of benzene rings is 2. The smallest absolute Gasteiger partial charge is 0.210 e. The van der Waals surface area contributed by atoms with Crippen LogP contribution in [0.15, 0.2) is 52.9 Å². The van der Waals surface area contributed by atoms with E-state index < -0.39 is 0 Å². The van der Waals surface area contributed by atoms with Crippen molar-refractivity contribution in [2.75, 3.05) is 17.7 Å². The Morgan fingerprint density at radius 3 is 2.46 bits per heavy atom. The summed E-state index contributed by atoms with van der Waals surface area (Å²) in [4.78, 5) is 12.4. The molecule has 0 saturated heterocycles. The molecule has 0 aliphatic heterocycles. The molecular formula is C21H23N3O2S2. The molecule has 3 rings (SSSR count). The highest BCUT2D eigenvalue weighted by molar-refractivity contribution is 8.01. The molecule has 7 heteroatoms. The maximum atomic E-state index is 12.4. The fourth-order valence-corrected chi connectivity index (χ4v) is 4.17. The van der Waals surface area contributed by atoms with Gasteiger partial charge in [-0.25, -0.2) is 0 Å². The third-order valence-electron chi connectivity index (χ3n) is 4.05. The zero-order valence-electron chi connectivity index (χ0n) is 16.1. The zero-order chi connectivity index (χ0) is 19.9. The normalized spacial score (nSPS) is 10.9. The minimum Gasteiger partial charge on any atom is -0.494 e. The van der Waals surface area contributed by atoms with Crippen molar-refractivity contribution in [3.63, 3.8) is 0 Å². The maximum absolute atomic E-state index is 12.4. The topological polar surface area (TPSA) is 64.1 Å². The van der Waals surface area contributed by atoms with Gasteiger partial charge in [-0.05, 0) is 54.8 Å². The Morgan fingerprint density at radius 2 is 1.82 bits per heavy atom. The first-order valence-corrected chi connectivity index (χ1v) is 10.9. The fraction of sp³-hybridized carbons (Fsp3) is 0.286. The van der Waals surface area contributed by atoms with Crippen molar-refractivity contribution < 1.29 is 9.53 Å². The highest BCUT2D eigenvalue weighted by Gasteiger charge is 2.11. The Labute approximate surface area is 173 Å². The molecule has 0 aliphatic rings. The van der Waals surface area contributed by atoms with E-state index >= 15 is 0 Å². The van der Waals surface area contributed by atoms with Crippen molar-refractivity contribution in [2.24, 2.45) is 0 Å². The standard InChI is InChI=1S/C21H23N3O2S2/c1-4-26-18-11-7-16(8-12-18)19(25)13-27-21-24-23-20(28-21)22-17-9-5-15(6-10-17)14(2)3/h5-12,14H,4,13H2,1-3H3,(H,22,23). The first kappa shape index (κ1) is 20.4. The number of nitrogens with one attached hydrogen (secondary N) is 1. The van der Waals surface area contributed by atoms with E-state index in [1.165, 1.54) is 28.7 Å². The Kier molecular flexibility index (Phi) is 7.06. The van der Waals surface area contributed by atoms with Crippen LogP contribution in [0.5, 0.6) is 5.75 Å². The summed E-state index contributed by atoms with van der Waals surface area (Å²) in [5.74, 6) is 1.66. The van der Waals surface area contributed by atoms with Gasteiger partial charge in [-0.3, -0.25) is 4.79 Å². The van der Waals surface area contributed by atoms with E-state index in [0.29, 0.717) is 29.0 Å². The van der Waals surface area contributed by atoms with Crippen LogP contribution in [-0.2, 0) is 0 Å². The second-order valence-electron chi connectivity index (χ2n) is 6.44. The quantitative estimate of drug-likeness (QED) is 0.354. The summed E-state index contributed by atoms with van der Waals surface area (Å²) >= 11 is 2.84. The van der Waals surface area contributed by atoms with E-state index in [4.69, 9.17) is 4.74 Å². The van der Waals surface area contributed by atoms with E-state index in [0.717, 1.165) is 15.8 Å². The molecule has 0 saturated carbocycles. The molecule has 0 atom stereocenters. The van der Waals surface area contributed by atoms with Gasteiger partial charge in [0, 0.05) is 11.3 Å². The van der Waals surface area contributed by atoms with Crippen molar-refractivity contribution in [1.29, 1.82) is 0 Å². The molecule has 0 spiro atoms. The number of hydrogen-bond acceptors (Lipinski definition) is 7. The first-order chi connectivity index (χ1) is 13.5. The molecule has 0 radical (unpaired) electrons. The number of carbonyl (C=O) groups is 1. The fourth-order valence-electron chi connectivity index (χ4n) is 2.51. The van der Waals surface area contributed by atoms with E-state index in [-0.39, 0.29) is 5.78 Å². The van der Waals surface area contributed by atoms with Crippen molar-refractivity contribution in [1.82, 2.24) is 10.2 Å². The molecule has 0 amide bonds. The lowest BCUT2D eigenvalue weighted by Crippen LogP contribution is -2.02. The number of Topliss-reactive ketones (excluding diaryl/α,β-unsaturated/α-hetero) is 1. The average Bonchev–Trinajstić information content (AvgIpc) is 3.15. The van der Waals surface area contributed by atoms with Crippen LogP contribution in [0.4, 0.5) is 10.8 Å². The SMILES string of the molecule is CCOc1ccc(C(=O)CSc2nnc(Nc3ccc(C(C)C)cc3)s2)cc1. The summed E-state index contributed by atoms with van der Waals surface area (Å²) in [6.45, 7) is 6.89. The molecule has 146 valence electrons. The number of carbonyl (C=O) groups excluding carboxylic acids is 1. The molecule has 0 unspecified atom stereocenters. The molecule has 2 aromatic carbocycles. The maximum Gasteiger partial charge on any atom is 0.210 e. The Balaban J connectivity index is 1.53. The number of rotatable bonds is 9. The number of ketones is 1. The molecule has 0 bridgehead atoms. The lowest BCUT2D eigenvalue weighted by Gasteiger charge is -2.06. The van der Waals surface area contributed by atoms with Gasteiger partial charge in [0.1, 0.15) is 5.75 Å². The molecule has 1 heterocycles. The summed E-state index contributed by atoms with van der Waals surface area (Å²) in [5.41, 5.74) is 2.94. The van der Waals surface area contributed by atoms with Crippen molar-refractivity contribution >= 4 is 39.7 Å². The molecule has 28 heavy (non-hydrogen) atoms. The molecule has 5 nitrogen and oxygen atoms in total. The summed E-state index contributed by atoms with van der Waals surface area (Å²) in [6.07, 6.45) is 0. The van der Waals surface area contributed by atoms with E-state index in [2.05, 4.69) is 41.5 Å². The third kappa shape index (κ3) is 5.56. The summed E-state index contributed by atoms with van der Waals surface area (Å²) in [5, 5.41) is 12.3. The van der Waals surface area contributed by atoms with Crippen LogP contribution in [0.2, 0.25) is 0 Å². The van der Waals surface area contributed by atoms with Gasteiger partial charge in [-0.1, -0.05) is 49.1 Å². The van der Waals surface area contributed by atoms with Crippen molar-refractivity contribution in [3.8, 4) is 5.75 Å². The second-order valence-corrected chi connectivity index (χ2v) is 8.64. The summed E-state index contributed by atoms with van der Waals surface area (Å²) < 4.78 is 6.16. The van der Waals surface area contributed by atoms with Gasteiger partial charge in [0.05, 0.1) is 12.4 Å². The van der Waals surface area contributed by atoms with Gasteiger partial charge in [0.15, 0.2) is 10.1 Å². The molecule has 0 aliphatic carbocycles. The van der Waals surface area contributed by atoms with Gasteiger partial charge in [-0.2, -0.15) is 0 Å². The lowest BCUT2D eigenvalue weighted by molar-refractivity contribution is 0.102. The molecule has 0 fully saturated rings. The predicted octanol–water partition coefficient (Wildman–Crippen LogP) is 5.78. The number of nitrogens with zero attached hydrogens (tertiary/aromatic N) is 2. The van der Waals surface area contributed by atoms with Crippen LogP contribution in [0.1, 0.15) is 42.6 Å². The van der Waals surface area contributed by atoms with Gasteiger partial charge in [-0.15, -0.1) is 10.2 Å². The average molecular weight is 414 g/mol. The van der Waals surface area contributed by atoms with Crippen LogP contribution in [0.3, 0.4) is 0 Å². The van der Waals surface area contributed by atoms with Gasteiger partial charge >= 0.3 is 0 Å². The third-order valence-corrected chi connectivity index (χ3v) is 6.02. The van der Waals surface area contributed by atoms with Crippen molar-refractivity contribution in [2.45, 2.75) is 31.0 Å². The summed E-state index contributed by atoms with van der Waals surface area (Å²) in [7, 11) is 0.